The lowest BCUT2D eigenvalue weighted by Gasteiger charge is -2.40. The van der Waals surface area contributed by atoms with Crippen molar-refractivity contribution in [3.63, 3.8) is 0 Å². The summed E-state index contributed by atoms with van der Waals surface area (Å²) >= 11 is 11.1. The zero-order valence-corrected chi connectivity index (χ0v) is 70.1. The van der Waals surface area contributed by atoms with Gasteiger partial charge in [0.15, 0.2) is 49.4 Å². The van der Waals surface area contributed by atoms with E-state index in [0.29, 0.717) is 5.56 Å². The molecule has 7 aliphatic rings. The molecule has 26 atom stereocenters. The number of phosphoric acid groups is 2. The van der Waals surface area contributed by atoms with Gasteiger partial charge in [0, 0.05) is 68.4 Å². The van der Waals surface area contributed by atoms with Crippen LogP contribution in [0, 0.1) is 27.7 Å². The van der Waals surface area contributed by atoms with Gasteiger partial charge in [0.2, 0.25) is 0 Å². The van der Waals surface area contributed by atoms with Crippen molar-refractivity contribution < 1.29 is 131 Å². The number of ether oxygens (including phenoxy) is 13. The Labute approximate surface area is 682 Å². The molecule has 49 nitrogen and oxygen atoms in total. The summed E-state index contributed by atoms with van der Waals surface area (Å²) in [5.74, 6) is -0.185. The molecule has 0 amide bonds. The van der Waals surface area contributed by atoms with Gasteiger partial charge in [-0.2, -0.15) is 4.98 Å². The second-order valence-corrected chi connectivity index (χ2v) is 36.7. The minimum absolute atomic E-state index is 0.0136. The molecule has 6 aromatic heterocycles. The fraction of sp³-hybridized carbons (Fsp3) is 0.672. The molecule has 7 aliphatic heterocycles. The van der Waals surface area contributed by atoms with Gasteiger partial charge in [-0.05, 0) is 48.0 Å². The number of fused-ring (bicyclic) bond motifs is 5. The van der Waals surface area contributed by atoms with Crippen molar-refractivity contribution in [1.82, 2.24) is 57.7 Å². The van der Waals surface area contributed by atoms with Crippen LogP contribution in [0.3, 0.4) is 0 Å². The number of nitrogens with two attached hydrogens (primary N) is 2. The van der Waals surface area contributed by atoms with Crippen molar-refractivity contribution in [2.75, 3.05) is 98.9 Å². The van der Waals surface area contributed by atoms with Crippen LogP contribution < -0.4 is 65.6 Å². The number of aryl methyl sites for hydroxylation is 4. The molecule has 0 radical (unpaired) electrons. The van der Waals surface area contributed by atoms with Gasteiger partial charge < -0.3 is 141 Å². The molecule has 658 valence electrons. The van der Waals surface area contributed by atoms with Crippen molar-refractivity contribution in [3.05, 3.63) is 133 Å². The number of nitrogens with zero attached hydrogens (tertiary/aromatic N) is 9. The Morgan fingerprint density at radius 3 is 1.54 bits per heavy atom. The maximum atomic E-state index is 15.3. The Bertz CT molecular complexity index is 5370. The van der Waals surface area contributed by atoms with Crippen molar-refractivity contribution in [2.24, 2.45) is 0 Å². The number of aromatic amines is 3. The number of aliphatic hydroxyl groups is 1. The normalized spacial score (nSPS) is 33.0. The van der Waals surface area contributed by atoms with Crippen LogP contribution in [0.2, 0.25) is 0 Å². The molecule has 13 heterocycles. The summed E-state index contributed by atoms with van der Waals surface area (Å²) in [5.41, 5.74) is 2.30. The van der Waals surface area contributed by atoms with Crippen molar-refractivity contribution in [2.45, 2.75) is 189 Å². The van der Waals surface area contributed by atoms with Crippen LogP contribution in [0.15, 0.2) is 71.0 Å². The molecular formula is C64H86N14O35P4S2-4. The van der Waals surface area contributed by atoms with Crippen LogP contribution in [0.4, 0.5) is 11.6 Å². The molecule has 13 rings (SSSR count). The summed E-state index contributed by atoms with van der Waals surface area (Å²) in [7, 11) is -7.81. The molecule has 0 saturated carbocycles. The second-order valence-electron chi connectivity index (χ2n) is 28.6. The number of nitrogen functional groups attached to an aromatic ring is 2. The largest absolute Gasteiger partial charge is 0.780 e. The summed E-state index contributed by atoms with van der Waals surface area (Å²) in [5, 5.41) is 11.7. The van der Waals surface area contributed by atoms with E-state index in [2.05, 4.69) is 34.9 Å². The highest BCUT2D eigenvalue weighted by molar-refractivity contribution is 8.32. The van der Waals surface area contributed by atoms with Crippen LogP contribution in [0.25, 0.3) is 11.2 Å². The number of hydrogen-bond acceptors (Lipinski definition) is 43. The third-order valence-electron chi connectivity index (χ3n) is 21.1. The fourth-order valence-electron chi connectivity index (χ4n) is 15.1. The van der Waals surface area contributed by atoms with Crippen LogP contribution in [0.5, 0.6) is 0 Å². The van der Waals surface area contributed by atoms with Gasteiger partial charge in [0.25, 0.3) is 32.3 Å². The molecule has 0 aromatic carbocycles. The number of aromatic nitrogens is 12. The lowest BCUT2D eigenvalue weighted by Crippen LogP contribution is -2.51. The van der Waals surface area contributed by atoms with Gasteiger partial charge in [-0.1, -0.05) is 18.7 Å². The maximum absolute atomic E-state index is 15.3. The van der Waals surface area contributed by atoms with Crippen LogP contribution in [-0.2, 0) is 136 Å². The first-order valence-corrected chi connectivity index (χ1v) is 44.7. The number of rotatable bonds is 38. The van der Waals surface area contributed by atoms with E-state index in [1.807, 2.05) is 0 Å². The lowest BCUT2D eigenvalue weighted by molar-refractivity contribution is -0.252. The highest BCUT2D eigenvalue weighted by atomic mass is 32.7. The third-order valence-corrected chi connectivity index (χ3v) is 26.1. The lowest BCUT2D eigenvalue weighted by atomic mass is 9.91. The summed E-state index contributed by atoms with van der Waals surface area (Å²) in [4.78, 5) is 160. The van der Waals surface area contributed by atoms with E-state index in [0.717, 1.165) is 37.0 Å². The summed E-state index contributed by atoms with van der Waals surface area (Å²) in [6, 6.07) is 0. The Morgan fingerprint density at radius 1 is 0.538 bits per heavy atom. The van der Waals surface area contributed by atoms with E-state index < -0.39 is 236 Å². The molecule has 6 aromatic rings. The number of hydrogen-bond donors (Lipinski definition) is 6. The van der Waals surface area contributed by atoms with Crippen molar-refractivity contribution >= 4 is 76.0 Å². The highest BCUT2D eigenvalue weighted by Gasteiger charge is 2.69. The highest BCUT2D eigenvalue weighted by Crippen LogP contribution is 2.60. The zero-order valence-electron chi connectivity index (χ0n) is 64.9. The zero-order chi connectivity index (χ0) is 85.9. The minimum atomic E-state index is -6.10. The van der Waals surface area contributed by atoms with Gasteiger partial charge in [0.1, 0.15) is 115 Å². The van der Waals surface area contributed by atoms with Crippen LogP contribution in [-0.4, -0.2) is 253 Å². The van der Waals surface area contributed by atoms with E-state index in [9.17, 15) is 52.7 Å². The number of H-pyrrole nitrogens is 3. The minimum Gasteiger partial charge on any atom is -0.780 e. The molecule has 7 saturated heterocycles. The Kier molecular flexibility index (Phi) is 27.5. The first-order chi connectivity index (χ1) is 56.3. The maximum Gasteiger partial charge on any atom is 0.351 e. The first-order valence-electron chi connectivity index (χ1n) is 36.7. The van der Waals surface area contributed by atoms with Crippen molar-refractivity contribution in [3.8, 4) is 0 Å². The smallest absolute Gasteiger partial charge is 0.351 e. The number of imidazole rings is 1. The van der Waals surface area contributed by atoms with Gasteiger partial charge in [-0.3, -0.25) is 65.9 Å². The number of nitrogens with one attached hydrogen (secondary N) is 3. The molecule has 0 aliphatic carbocycles. The van der Waals surface area contributed by atoms with E-state index in [4.69, 9.17) is 133 Å². The van der Waals surface area contributed by atoms with Crippen LogP contribution in [0.1, 0.15) is 80.6 Å². The predicted octanol–water partition coefficient (Wildman–Crippen LogP) is -3.42. The molecule has 0 spiro atoms. The molecule has 7 fully saturated rings. The topological polar surface area (TPSA) is 630 Å². The molecule has 8 N–H and O–H groups in total. The molecule has 55 heteroatoms. The second kappa shape index (κ2) is 36.1. The predicted molar refractivity (Wildman–Crippen MR) is 401 cm³/mol. The monoisotopic (exact) mass is 1800 g/mol. The molecular weight excluding hydrogens is 1710 g/mol. The van der Waals surface area contributed by atoms with Crippen LogP contribution >= 0.6 is 29.2 Å². The molecule has 9 unspecified atom stereocenters. The van der Waals surface area contributed by atoms with Gasteiger partial charge in [-0.25, -0.2) is 34.1 Å². The van der Waals surface area contributed by atoms with Gasteiger partial charge in [0.05, 0.1) is 84.6 Å². The SMILES string of the molecule is CC[C@]12O[C@@H](n3cc(C)c(=O)[nH]c3=O)C(O[C@H]1C)[C@H]2OP(=O)([O-])OC[C@H]1O[C@@H](n2cc(C)c(=O)[nH]c2=O)C(OCCOC)[C@H]1OP(=O)([O-])OC[C@]12O[C@@H](n3cnc4c(N)ncnc43)C(O[C@H]1C)[C@H]2OP([O-])(=S)OC[C@H]1O[C@@H](n2cc(C)c(=O)[nH]c2=O)C(OCCOC)[C@H]1OP(=O)([S-])OC[C@H]1O[C@@H](n2cc(C)c(N)nc2=O)C(OCCOC)[C@H]1O. The number of methoxy groups -OCH3 is 3. The van der Waals surface area contributed by atoms with E-state index in [1.165, 1.54) is 72.3 Å². The number of anilines is 2. The summed E-state index contributed by atoms with van der Waals surface area (Å²) < 4.78 is 175. The molecule has 119 heavy (non-hydrogen) atoms. The Morgan fingerprint density at radius 2 is 0.992 bits per heavy atom. The van der Waals surface area contributed by atoms with Gasteiger partial charge in [-0.15, -0.1) is 0 Å². The fourth-order valence-corrected chi connectivity index (χ4v) is 19.9. The van der Waals surface area contributed by atoms with Crippen molar-refractivity contribution in [1.29, 1.82) is 0 Å². The summed E-state index contributed by atoms with van der Waals surface area (Å²) in [6.07, 6.45) is -24.8. The number of phosphoric ester groups is 2. The average Bonchev–Trinajstić information content (AvgIpc) is 1.55. The Hall–Kier alpha value is -6.24. The van der Waals surface area contributed by atoms with E-state index >= 15 is 14.4 Å². The van der Waals surface area contributed by atoms with E-state index in [1.54, 1.807) is 20.8 Å². The first kappa shape index (κ1) is 90.5. The Balaban J connectivity index is 0.788. The quantitative estimate of drug-likeness (QED) is 0.0125. The van der Waals surface area contributed by atoms with Gasteiger partial charge >= 0.3 is 22.8 Å². The number of aliphatic hydroxyl groups excluding tert-OH is 1. The van der Waals surface area contributed by atoms with E-state index in [-0.39, 0.29) is 78.9 Å². The average molecular weight is 1800 g/mol. The third kappa shape index (κ3) is 18.5. The molecule has 4 bridgehead atoms. The standard InChI is InChI=1S/C64H90N14O35P4S2/c1-11-63-32(6)103-44(57(108-63)77-21-31(5)53(82)73-62(77)86)46(63)112-114(87,88)99-23-35-39(42(97-16-13-94-9)55(106-35)75-19-29(3)51(80)71-60(75)84)110-115(89,90)102-25-64-33(7)104-45(58(109-64)78-27-69-37-49(66)67-26-68-50(37)78)47(64)113-117(92,119)101-24-36-40(43(98-17-14-95-10)56(107-36)76-20-30(4)52(81)72-61(76)85)111-116(91,118)100-22-34-38(79)41(96-15-12-93-8)54(105-34)74-18-28(2)48(65)70-59(74)83/h18-21,26-27,32-36,38-47,54-58,79H,11-17,22-25H2,1-10H3,(H,87,88)(H,89,90)(H,91,118)(H,92,119)(H2,65,70,83)(H2,66,67,68)(H,71,80,84)(H,72,81,85)(H,73,82,86)/p-4/t32-,33-,34+,35+,36+,38-,39-,40-,41?,42?,43?,44?,45?,46+,47+,54+,55+,56+,57+,58+,63-,64-,116?,117?/m0/s1. The summed E-state index contributed by atoms with van der Waals surface area (Å²) in [6.45, 7) is -5.42.